The lowest BCUT2D eigenvalue weighted by molar-refractivity contribution is -0.136. The van der Waals surface area contributed by atoms with Crippen molar-refractivity contribution in [2.75, 3.05) is 10.5 Å². The zero-order valence-corrected chi connectivity index (χ0v) is 11.5. The van der Waals surface area contributed by atoms with Gasteiger partial charge in [-0.15, -0.1) is 0 Å². The lowest BCUT2D eigenvalue weighted by atomic mass is 10.1. The minimum absolute atomic E-state index is 0.122. The molecule has 2 rings (SSSR count). The van der Waals surface area contributed by atoms with Crippen molar-refractivity contribution in [2.24, 2.45) is 7.05 Å². The van der Waals surface area contributed by atoms with Crippen molar-refractivity contribution in [1.82, 2.24) is 9.55 Å². The number of anilines is 2. The highest BCUT2D eigenvalue weighted by atomic mass is 32.2. The fourth-order valence-corrected chi connectivity index (χ4v) is 2.67. The Morgan fingerprint density at radius 2 is 2.00 bits per heavy atom. The number of nitrogens with one attached hydrogen (secondary N) is 1. The van der Waals surface area contributed by atoms with Gasteiger partial charge < -0.3 is 10.3 Å². The van der Waals surface area contributed by atoms with Crippen LogP contribution in [0.1, 0.15) is 5.56 Å². The van der Waals surface area contributed by atoms with Crippen LogP contribution >= 0.6 is 0 Å². The van der Waals surface area contributed by atoms with Gasteiger partial charge in [0, 0.05) is 18.9 Å². The largest absolute Gasteiger partial charge is 0.418 e. The summed E-state index contributed by atoms with van der Waals surface area (Å²) in [4.78, 5) is 3.60. The number of aryl methyl sites for hydroxylation is 1. The Hall–Kier alpha value is -2.23. The van der Waals surface area contributed by atoms with E-state index in [1.165, 1.54) is 30.2 Å². The van der Waals surface area contributed by atoms with Crippen LogP contribution in [0.15, 0.2) is 35.7 Å². The summed E-state index contributed by atoms with van der Waals surface area (Å²) in [5.41, 5.74) is 3.41. The average molecular weight is 320 g/mol. The number of halogens is 3. The molecule has 0 unspecified atom stereocenters. The van der Waals surface area contributed by atoms with Crippen LogP contribution in [-0.4, -0.2) is 18.0 Å². The van der Waals surface area contributed by atoms with Crippen LogP contribution in [0.5, 0.6) is 0 Å². The van der Waals surface area contributed by atoms with E-state index < -0.39 is 27.5 Å². The first-order chi connectivity index (χ1) is 9.59. The lowest BCUT2D eigenvalue weighted by Crippen LogP contribution is -2.17. The third kappa shape index (κ3) is 3.27. The van der Waals surface area contributed by atoms with Gasteiger partial charge in [0.25, 0.3) is 10.0 Å². The molecule has 10 heteroatoms. The van der Waals surface area contributed by atoms with Crippen molar-refractivity contribution in [1.29, 1.82) is 0 Å². The Labute approximate surface area is 118 Å². The second-order valence-electron chi connectivity index (χ2n) is 4.29. The van der Waals surface area contributed by atoms with E-state index in [4.69, 9.17) is 5.73 Å². The summed E-state index contributed by atoms with van der Waals surface area (Å²) in [5.74, 6) is 0. The monoisotopic (exact) mass is 320 g/mol. The number of hydrogen-bond acceptors (Lipinski definition) is 4. The van der Waals surface area contributed by atoms with E-state index >= 15 is 0 Å². The second-order valence-corrected chi connectivity index (χ2v) is 5.91. The van der Waals surface area contributed by atoms with Gasteiger partial charge in [-0.3, -0.25) is 4.72 Å². The zero-order chi connectivity index (χ0) is 15.8. The molecule has 0 aliphatic rings. The average Bonchev–Trinajstić information content (AvgIpc) is 2.77. The summed E-state index contributed by atoms with van der Waals surface area (Å²) in [7, 11) is -2.67. The molecule has 0 saturated heterocycles. The molecule has 0 saturated carbocycles. The van der Waals surface area contributed by atoms with Crippen LogP contribution in [-0.2, 0) is 23.2 Å². The summed E-state index contributed by atoms with van der Waals surface area (Å²) in [6.07, 6.45) is -2.34. The van der Waals surface area contributed by atoms with Crippen LogP contribution in [0.4, 0.5) is 24.5 Å². The first kappa shape index (κ1) is 15.2. The van der Waals surface area contributed by atoms with Gasteiger partial charge in [-0.05, 0) is 18.2 Å². The maximum absolute atomic E-state index is 12.9. The van der Waals surface area contributed by atoms with Crippen LogP contribution in [0.25, 0.3) is 0 Å². The Balaban J connectivity index is 2.45. The van der Waals surface area contributed by atoms with Crippen molar-refractivity contribution < 1.29 is 21.6 Å². The zero-order valence-electron chi connectivity index (χ0n) is 10.7. The molecule has 1 heterocycles. The summed E-state index contributed by atoms with van der Waals surface area (Å²) >= 11 is 0. The van der Waals surface area contributed by atoms with Gasteiger partial charge in [-0.2, -0.15) is 21.6 Å². The van der Waals surface area contributed by atoms with Crippen LogP contribution in [0.2, 0.25) is 0 Å². The highest BCUT2D eigenvalue weighted by Crippen LogP contribution is 2.36. The molecule has 1 aromatic carbocycles. The standard InChI is InChI=1S/C11H11F3N4O2S/c1-18-5-10(16-6-18)21(19,20)17-9-3-2-7(15)4-8(9)11(12,13)14/h2-6,17H,15H2,1H3. The molecule has 6 nitrogen and oxygen atoms in total. The number of nitrogens with two attached hydrogens (primary N) is 1. The SMILES string of the molecule is Cn1cnc(S(=O)(=O)Nc2ccc(N)cc2C(F)(F)F)c1. The number of benzene rings is 1. The van der Waals surface area contributed by atoms with E-state index in [9.17, 15) is 21.6 Å². The normalized spacial score (nSPS) is 12.4. The molecule has 0 fully saturated rings. The number of aromatic nitrogens is 2. The molecule has 3 N–H and O–H groups in total. The maximum Gasteiger partial charge on any atom is 0.418 e. The number of rotatable bonds is 3. The Bertz CT molecular complexity index is 768. The molecular formula is C11H11F3N4O2S. The molecule has 0 radical (unpaired) electrons. The number of nitrogens with zero attached hydrogens (tertiary/aromatic N) is 2. The van der Waals surface area contributed by atoms with E-state index in [0.717, 1.165) is 6.07 Å². The van der Waals surface area contributed by atoms with Gasteiger partial charge in [-0.25, -0.2) is 4.98 Å². The van der Waals surface area contributed by atoms with Crippen molar-refractivity contribution in [3.63, 3.8) is 0 Å². The van der Waals surface area contributed by atoms with Crippen molar-refractivity contribution >= 4 is 21.4 Å². The van der Waals surface area contributed by atoms with Crippen molar-refractivity contribution in [3.8, 4) is 0 Å². The fourth-order valence-electron chi connectivity index (χ4n) is 1.61. The molecule has 0 aliphatic carbocycles. The summed E-state index contributed by atoms with van der Waals surface area (Å²) in [6, 6.07) is 2.79. The summed E-state index contributed by atoms with van der Waals surface area (Å²) in [6.45, 7) is 0. The molecule has 0 aliphatic heterocycles. The van der Waals surface area contributed by atoms with Crippen molar-refractivity contribution in [2.45, 2.75) is 11.2 Å². The van der Waals surface area contributed by atoms with Crippen molar-refractivity contribution in [3.05, 3.63) is 36.3 Å². The highest BCUT2D eigenvalue weighted by molar-refractivity contribution is 7.92. The Morgan fingerprint density at radius 3 is 2.52 bits per heavy atom. The van der Waals surface area contributed by atoms with Gasteiger partial charge in [0.15, 0.2) is 5.03 Å². The van der Waals surface area contributed by atoms with E-state index in [1.807, 2.05) is 4.72 Å². The number of nitrogen functional groups attached to an aromatic ring is 1. The van der Waals surface area contributed by atoms with E-state index in [0.29, 0.717) is 6.07 Å². The Kier molecular flexibility index (Phi) is 3.58. The number of sulfonamides is 1. The predicted molar refractivity (Wildman–Crippen MR) is 69.9 cm³/mol. The van der Waals surface area contributed by atoms with Gasteiger partial charge in [-0.1, -0.05) is 0 Å². The Morgan fingerprint density at radius 1 is 1.33 bits per heavy atom. The van der Waals surface area contributed by atoms with Crippen LogP contribution in [0, 0.1) is 0 Å². The second kappa shape index (κ2) is 4.95. The molecule has 21 heavy (non-hydrogen) atoms. The third-order valence-electron chi connectivity index (χ3n) is 2.55. The minimum atomic E-state index is -4.74. The molecule has 2 aromatic rings. The number of hydrogen-bond donors (Lipinski definition) is 2. The van der Waals surface area contributed by atoms with Gasteiger partial charge in [0.2, 0.25) is 0 Å². The topological polar surface area (TPSA) is 90.0 Å². The fraction of sp³-hybridized carbons (Fsp3) is 0.182. The van der Waals surface area contributed by atoms with Gasteiger partial charge in [0.1, 0.15) is 0 Å². The molecule has 1 aromatic heterocycles. The van der Waals surface area contributed by atoms with Gasteiger partial charge in [0.05, 0.1) is 17.6 Å². The van der Waals surface area contributed by atoms with Crippen LogP contribution in [0.3, 0.4) is 0 Å². The quantitative estimate of drug-likeness (QED) is 0.844. The van der Waals surface area contributed by atoms with E-state index in [1.54, 1.807) is 0 Å². The molecule has 0 amide bonds. The number of alkyl halides is 3. The third-order valence-corrected chi connectivity index (χ3v) is 3.80. The predicted octanol–water partition coefficient (Wildman–Crippen LogP) is 1.82. The van der Waals surface area contributed by atoms with E-state index in [2.05, 4.69) is 4.98 Å². The molecule has 0 spiro atoms. The van der Waals surface area contributed by atoms with Gasteiger partial charge >= 0.3 is 6.18 Å². The highest BCUT2D eigenvalue weighted by Gasteiger charge is 2.35. The minimum Gasteiger partial charge on any atom is -0.399 e. The lowest BCUT2D eigenvalue weighted by Gasteiger charge is -2.14. The van der Waals surface area contributed by atoms with Crippen LogP contribution < -0.4 is 10.5 Å². The first-order valence-electron chi connectivity index (χ1n) is 5.57. The maximum atomic E-state index is 12.9. The molecule has 0 atom stereocenters. The number of imidazole rings is 1. The summed E-state index contributed by atoms with van der Waals surface area (Å²) in [5, 5.41) is -0.380. The summed E-state index contributed by atoms with van der Waals surface area (Å²) < 4.78 is 65.9. The molecule has 114 valence electrons. The molecular weight excluding hydrogens is 309 g/mol. The smallest absolute Gasteiger partial charge is 0.399 e. The molecule has 0 bridgehead atoms. The van der Waals surface area contributed by atoms with E-state index in [-0.39, 0.29) is 10.7 Å². The first-order valence-corrected chi connectivity index (χ1v) is 7.05.